The van der Waals surface area contributed by atoms with E-state index in [1.807, 2.05) is 36.4 Å². The molecule has 4 heteroatoms. The molecule has 0 bridgehead atoms. The van der Waals surface area contributed by atoms with Gasteiger partial charge >= 0.3 is 0 Å². The van der Waals surface area contributed by atoms with E-state index in [9.17, 15) is 0 Å². The van der Waals surface area contributed by atoms with E-state index in [4.69, 9.17) is 15.0 Å². The van der Waals surface area contributed by atoms with Crippen LogP contribution in [0.15, 0.2) is 218 Å². The van der Waals surface area contributed by atoms with Crippen LogP contribution in [0.25, 0.3) is 106 Å². The van der Waals surface area contributed by atoms with Crippen molar-refractivity contribution in [1.82, 2.24) is 19.5 Å². The molecule has 0 amide bonds. The Balaban J connectivity index is 1.03. The molecular weight excluding hydrogens is 717 g/mol. The maximum Gasteiger partial charge on any atom is 0.164 e. The Morgan fingerprint density at radius 2 is 0.746 bits per heavy atom. The summed E-state index contributed by atoms with van der Waals surface area (Å²) in [6, 6.07) is 77.1. The molecule has 11 aromatic rings. The smallest absolute Gasteiger partial charge is 0.164 e. The van der Waals surface area contributed by atoms with Crippen LogP contribution in [0.4, 0.5) is 0 Å². The minimum absolute atomic E-state index is 0.625. The molecule has 11 rings (SSSR count). The van der Waals surface area contributed by atoms with Crippen LogP contribution in [0.1, 0.15) is 0 Å². The zero-order chi connectivity index (χ0) is 39.1. The highest BCUT2D eigenvalue weighted by molar-refractivity contribution is 6.09. The van der Waals surface area contributed by atoms with Crippen molar-refractivity contribution in [1.29, 1.82) is 0 Å². The molecule has 9 aromatic carbocycles. The predicted molar refractivity (Wildman–Crippen MR) is 244 cm³/mol. The van der Waals surface area contributed by atoms with Gasteiger partial charge < -0.3 is 4.57 Å². The lowest BCUT2D eigenvalue weighted by Gasteiger charge is -2.16. The SMILES string of the molecule is c1ccc(-c2ccc(-c3nc(-c4ccccc4)nc(-c4cccc(-c5c(-c6ccc(-n7c8ccccc8c8ccccc87)cc6)ccc6ccccc56)c4)n3)cc2)cc1. The van der Waals surface area contributed by atoms with Gasteiger partial charge in [-0.15, -0.1) is 0 Å². The first-order valence-corrected chi connectivity index (χ1v) is 19.9. The lowest BCUT2D eigenvalue weighted by atomic mass is 9.89. The Morgan fingerprint density at radius 3 is 1.41 bits per heavy atom. The van der Waals surface area contributed by atoms with Gasteiger partial charge in [-0.05, 0) is 74.5 Å². The van der Waals surface area contributed by atoms with E-state index in [2.05, 4.69) is 187 Å². The third-order valence-electron chi connectivity index (χ3n) is 11.3. The highest BCUT2D eigenvalue weighted by Crippen LogP contribution is 2.40. The topological polar surface area (TPSA) is 43.6 Å². The first kappa shape index (κ1) is 34.3. The largest absolute Gasteiger partial charge is 0.309 e. The van der Waals surface area contributed by atoms with Crippen molar-refractivity contribution in [2.24, 2.45) is 0 Å². The first-order valence-electron chi connectivity index (χ1n) is 19.9. The van der Waals surface area contributed by atoms with Gasteiger partial charge in [-0.1, -0.05) is 188 Å². The maximum absolute atomic E-state index is 5.13. The molecular formula is C55H36N4. The second-order valence-corrected chi connectivity index (χ2v) is 14.8. The van der Waals surface area contributed by atoms with Gasteiger partial charge in [0.15, 0.2) is 17.5 Å². The van der Waals surface area contributed by atoms with Crippen LogP contribution in [0.5, 0.6) is 0 Å². The van der Waals surface area contributed by atoms with Gasteiger partial charge in [-0.25, -0.2) is 15.0 Å². The average Bonchev–Trinajstić information content (AvgIpc) is 3.66. The number of aromatic nitrogens is 4. The van der Waals surface area contributed by atoms with Crippen LogP contribution in [-0.2, 0) is 0 Å². The van der Waals surface area contributed by atoms with Crippen molar-refractivity contribution >= 4 is 32.6 Å². The number of rotatable bonds is 7. The average molecular weight is 753 g/mol. The van der Waals surface area contributed by atoms with Crippen molar-refractivity contribution in [2.45, 2.75) is 0 Å². The molecule has 0 atom stereocenters. The van der Waals surface area contributed by atoms with Crippen molar-refractivity contribution in [2.75, 3.05) is 0 Å². The number of fused-ring (bicyclic) bond motifs is 4. The normalized spacial score (nSPS) is 11.4. The Kier molecular flexibility index (Phi) is 8.45. The monoisotopic (exact) mass is 752 g/mol. The van der Waals surface area contributed by atoms with Crippen LogP contribution in [0.3, 0.4) is 0 Å². The Bertz CT molecular complexity index is 3240. The summed E-state index contributed by atoms with van der Waals surface area (Å²) in [6.45, 7) is 0. The lowest BCUT2D eigenvalue weighted by molar-refractivity contribution is 1.07. The van der Waals surface area contributed by atoms with Crippen molar-refractivity contribution in [3.05, 3.63) is 218 Å². The lowest BCUT2D eigenvalue weighted by Crippen LogP contribution is -2.00. The summed E-state index contributed by atoms with van der Waals surface area (Å²) >= 11 is 0. The fraction of sp³-hybridized carbons (Fsp3) is 0. The fourth-order valence-electron chi connectivity index (χ4n) is 8.42. The minimum Gasteiger partial charge on any atom is -0.309 e. The molecule has 2 heterocycles. The summed E-state index contributed by atoms with van der Waals surface area (Å²) in [4.78, 5) is 15.2. The van der Waals surface area contributed by atoms with E-state index < -0.39 is 0 Å². The van der Waals surface area contributed by atoms with Gasteiger partial charge in [0.2, 0.25) is 0 Å². The fourth-order valence-corrected chi connectivity index (χ4v) is 8.42. The van der Waals surface area contributed by atoms with Crippen LogP contribution in [0.2, 0.25) is 0 Å². The molecule has 0 N–H and O–H groups in total. The molecule has 0 fully saturated rings. The summed E-state index contributed by atoms with van der Waals surface area (Å²) in [6.07, 6.45) is 0. The van der Waals surface area contributed by atoms with Crippen LogP contribution < -0.4 is 0 Å². The first-order chi connectivity index (χ1) is 29.2. The zero-order valence-corrected chi connectivity index (χ0v) is 32.1. The second-order valence-electron chi connectivity index (χ2n) is 14.8. The maximum atomic E-state index is 5.13. The molecule has 0 saturated carbocycles. The van der Waals surface area contributed by atoms with E-state index >= 15 is 0 Å². The third kappa shape index (κ3) is 6.24. The highest BCUT2D eigenvalue weighted by atomic mass is 15.0. The van der Waals surface area contributed by atoms with E-state index in [1.54, 1.807) is 0 Å². The molecule has 0 spiro atoms. The molecule has 0 saturated heterocycles. The Morgan fingerprint density at radius 1 is 0.288 bits per heavy atom. The molecule has 2 aromatic heterocycles. The Labute approximate surface area is 342 Å². The van der Waals surface area contributed by atoms with Crippen molar-refractivity contribution in [3.8, 4) is 73.2 Å². The van der Waals surface area contributed by atoms with Crippen LogP contribution >= 0.6 is 0 Å². The minimum atomic E-state index is 0.625. The molecule has 0 aliphatic heterocycles. The molecule has 0 aliphatic rings. The van der Waals surface area contributed by atoms with Crippen molar-refractivity contribution < 1.29 is 0 Å². The zero-order valence-electron chi connectivity index (χ0n) is 32.1. The van der Waals surface area contributed by atoms with Gasteiger partial charge in [0.25, 0.3) is 0 Å². The summed E-state index contributed by atoms with van der Waals surface area (Å²) in [5.74, 6) is 1.89. The van der Waals surface area contributed by atoms with E-state index in [0.29, 0.717) is 17.5 Å². The molecule has 4 nitrogen and oxygen atoms in total. The highest BCUT2D eigenvalue weighted by Gasteiger charge is 2.17. The number of benzene rings is 9. The standard InChI is InChI=1S/C55H36N4/c1-3-14-37(15-4-1)38-26-28-42(29-27-38)54-56-53(41-17-5-2-6-18-41)57-55(58-54)44-20-13-19-43(36-44)52-46-21-8-7-16-39(46)32-35-47(52)40-30-33-45(34-31-40)59-50-24-11-9-22-48(50)49-23-10-12-25-51(49)59/h1-36H. The Hall–Kier alpha value is -7.95. The molecule has 59 heavy (non-hydrogen) atoms. The number of para-hydroxylation sites is 2. The summed E-state index contributed by atoms with van der Waals surface area (Å²) in [5.41, 5.74) is 13.2. The van der Waals surface area contributed by atoms with E-state index in [0.717, 1.165) is 44.6 Å². The van der Waals surface area contributed by atoms with Crippen molar-refractivity contribution in [3.63, 3.8) is 0 Å². The van der Waals surface area contributed by atoms with Crippen LogP contribution in [0, 0.1) is 0 Å². The summed E-state index contributed by atoms with van der Waals surface area (Å²) < 4.78 is 2.36. The third-order valence-corrected chi connectivity index (χ3v) is 11.3. The molecule has 276 valence electrons. The predicted octanol–water partition coefficient (Wildman–Crippen LogP) is 14.1. The van der Waals surface area contributed by atoms with Crippen LogP contribution in [-0.4, -0.2) is 19.5 Å². The number of hydrogen-bond acceptors (Lipinski definition) is 3. The van der Waals surface area contributed by atoms with Gasteiger partial charge in [0.05, 0.1) is 11.0 Å². The second kappa shape index (κ2) is 14.5. The quantitative estimate of drug-likeness (QED) is 0.163. The van der Waals surface area contributed by atoms with E-state index in [1.165, 1.54) is 43.7 Å². The summed E-state index contributed by atoms with van der Waals surface area (Å²) in [7, 11) is 0. The molecule has 0 aliphatic carbocycles. The number of nitrogens with zero attached hydrogens (tertiary/aromatic N) is 4. The van der Waals surface area contributed by atoms with Gasteiger partial charge in [-0.3, -0.25) is 0 Å². The molecule has 0 radical (unpaired) electrons. The van der Waals surface area contributed by atoms with Gasteiger partial charge in [-0.2, -0.15) is 0 Å². The van der Waals surface area contributed by atoms with E-state index in [-0.39, 0.29) is 0 Å². The van der Waals surface area contributed by atoms with Gasteiger partial charge in [0, 0.05) is 33.2 Å². The summed E-state index contributed by atoms with van der Waals surface area (Å²) in [5, 5.41) is 4.89. The molecule has 0 unspecified atom stereocenters. The van der Waals surface area contributed by atoms with Gasteiger partial charge in [0.1, 0.15) is 0 Å². The number of hydrogen-bond donors (Lipinski definition) is 0.